The van der Waals surface area contributed by atoms with E-state index in [1.807, 2.05) is 0 Å². The zero-order valence-electron chi connectivity index (χ0n) is 13.6. The predicted molar refractivity (Wildman–Crippen MR) is 86.3 cm³/mol. The Kier molecular flexibility index (Phi) is 5.34. The number of carbonyl (C=O) groups excluding carboxylic acids is 1. The molecule has 3 atom stereocenters. The van der Waals surface area contributed by atoms with E-state index in [4.69, 9.17) is 14.7 Å². The number of aliphatic hydroxyl groups excluding tert-OH is 1. The van der Waals surface area contributed by atoms with Gasteiger partial charge in [0.15, 0.2) is 6.61 Å². The van der Waals surface area contributed by atoms with E-state index in [0.29, 0.717) is 31.1 Å². The molecule has 2 fully saturated rings. The van der Waals surface area contributed by atoms with Crippen molar-refractivity contribution in [2.75, 3.05) is 26.4 Å². The smallest absolute Gasteiger partial charge is 0.260 e. The van der Waals surface area contributed by atoms with E-state index in [2.05, 4.69) is 6.07 Å². The average Bonchev–Trinajstić information content (AvgIpc) is 3.05. The first-order valence-corrected chi connectivity index (χ1v) is 8.38. The summed E-state index contributed by atoms with van der Waals surface area (Å²) in [5.41, 5.74) is 0.412. The van der Waals surface area contributed by atoms with Crippen LogP contribution in [0.25, 0.3) is 0 Å². The van der Waals surface area contributed by atoms with Gasteiger partial charge in [0.25, 0.3) is 5.91 Å². The SMILES string of the molecule is N#Cc1ccccc1OCC(=O)N1CCOC[C@@H]1[C@@H]1CCC[C@@H]1O. The summed E-state index contributed by atoms with van der Waals surface area (Å²) >= 11 is 0. The van der Waals surface area contributed by atoms with E-state index >= 15 is 0 Å². The minimum atomic E-state index is -0.368. The quantitative estimate of drug-likeness (QED) is 0.900. The standard InChI is InChI=1S/C18H22N2O4/c19-10-13-4-1-2-7-17(13)24-12-18(22)20-8-9-23-11-15(20)14-5-3-6-16(14)21/h1-2,4,7,14-16,21H,3,5-6,8-9,11-12H2/t14-,15+,16-/m0/s1. The summed E-state index contributed by atoms with van der Waals surface area (Å²) in [5, 5.41) is 19.2. The molecule has 6 heteroatoms. The van der Waals surface area contributed by atoms with Crippen LogP contribution in [-0.4, -0.2) is 54.4 Å². The topological polar surface area (TPSA) is 82.8 Å². The lowest BCUT2D eigenvalue weighted by atomic mass is 9.94. The Bertz CT molecular complexity index is 628. The summed E-state index contributed by atoms with van der Waals surface area (Å²) in [7, 11) is 0. The maximum atomic E-state index is 12.6. The van der Waals surface area contributed by atoms with Crippen molar-refractivity contribution in [3.8, 4) is 11.8 Å². The molecule has 0 bridgehead atoms. The van der Waals surface area contributed by atoms with Gasteiger partial charge in [0.1, 0.15) is 11.8 Å². The molecule has 1 aromatic rings. The molecule has 128 valence electrons. The molecule has 24 heavy (non-hydrogen) atoms. The van der Waals surface area contributed by atoms with E-state index in [-0.39, 0.29) is 30.6 Å². The van der Waals surface area contributed by atoms with Crippen molar-refractivity contribution in [1.82, 2.24) is 4.90 Å². The fourth-order valence-electron chi connectivity index (χ4n) is 3.61. The van der Waals surface area contributed by atoms with E-state index in [0.717, 1.165) is 19.3 Å². The average molecular weight is 330 g/mol. The summed E-state index contributed by atoms with van der Waals surface area (Å²) in [6, 6.07) is 8.83. The Morgan fingerprint density at radius 1 is 1.42 bits per heavy atom. The number of hydrogen-bond donors (Lipinski definition) is 1. The molecule has 2 aliphatic rings. The Balaban J connectivity index is 1.65. The summed E-state index contributed by atoms with van der Waals surface area (Å²) < 4.78 is 11.1. The minimum Gasteiger partial charge on any atom is -0.482 e. The first kappa shape index (κ1) is 16.7. The van der Waals surface area contributed by atoms with E-state index in [1.165, 1.54) is 0 Å². The molecule has 3 rings (SSSR count). The van der Waals surface area contributed by atoms with E-state index in [9.17, 15) is 9.90 Å². The molecule has 1 N–H and O–H groups in total. The van der Waals surface area contributed by atoms with Gasteiger partial charge in [0.05, 0.1) is 30.9 Å². The van der Waals surface area contributed by atoms with Gasteiger partial charge in [-0.25, -0.2) is 0 Å². The first-order chi connectivity index (χ1) is 11.7. The zero-order valence-corrected chi connectivity index (χ0v) is 13.6. The van der Waals surface area contributed by atoms with E-state index < -0.39 is 0 Å². The summed E-state index contributed by atoms with van der Waals surface area (Å²) in [6.07, 6.45) is 2.31. The Morgan fingerprint density at radius 2 is 2.25 bits per heavy atom. The monoisotopic (exact) mass is 330 g/mol. The van der Waals surface area contributed by atoms with Crippen molar-refractivity contribution < 1.29 is 19.4 Å². The van der Waals surface area contributed by atoms with Crippen molar-refractivity contribution in [2.45, 2.75) is 31.4 Å². The second kappa shape index (κ2) is 7.65. The van der Waals surface area contributed by atoms with Crippen molar-refractivity contribution in [2.24, 2.45) is 5.92 Å². The van der Waals surface area contributed by atoms with Gasteiger partial charge in [-0.15, -0.1) is 0 Å². The van der Waals surface area contributed by atoms with Crippen LogP contribution >= 0.6 is 0 Å². The van der Waals surface area contributed by atoms with Crippen LogP contribution in [0.4, 0.5) is 0 Å². The zero-order chi connectivity index (χ0) is 16.9. The highest BCUT2D eigenvalue weighted by Crippen LogP contribution is 2.32. The minimum absolute atomic E-state index is 0.0700. The maximum absolute atomic E-state index is 12.6. The molecule has 1 aliphatic carbocycles. The molecular formula is C18H22N2O4. The molecule has 1 aromatic carbocycles. The molecule has 0 spiro atoms. The largest absolute Gasteiger partial charge is 0.482 e. The summed E-state index contributed by atoms with van der Waals surface area (Å²) in [4.78, 5) is 14.4. The molecular weight excluding hydrogens is 308 g/mol. The van der Waals surface area contributed by atoms with Crippen LogP contribution in [0.1, 0.15) is 24.8 Å². The molecule has 1 saturated carbocycles. The Labute approximate surface area is 141 Å². The van der Waals surface area contributed by atoms with Crippen LogP contribution in [0.15, 0.2) is 24.3 Å². The molecule has 1 heterocycles. The van der Waals surface area contributed by atoms with Crippen LogP contribution in [0, 0.1) is 17.2 Å². The number of nitrogens with zero attached hydrogens (tertiary/aromatic N) is 2. The molecule has 0 unspecified atom stereocenters. The highest BCUT2D eigenvalue weighted by Gasteiger charge is 2.39. The van der Waals surface area contributed by atoms with Crippen LogP contribution in [-0.2, 0) is 9.53 Å². The maximum Gasteiger partial charge on any atom is 0.260 e. The molecule has 6 nitrogen and oxygen atoms in total. The summed E-state index contributed by atoms with van der Waals surface area (Å²) in [5.74, 6) is 0.356. The Hall–Kier alpha value is -2.10. The van der Waals surface area contributed by atoms with Crippen molar-refractivity contribution in [3.63, 3.8) is 0 Å². The van der Waals surface area contributed by atoms with Gasteiger partial charge in [-0.1, -0.05) is 18.6 Å². The van der Waals surface area contributed by atoms with Crippen LogP contribution in [0.3, 0.4) is 0 Å². The van der Waals surface area contributed by atoms with Gasteiger partial charge in [0.2, 0.25) is 0 Å². The third kappa shape index (κ3) is 3.53. The van der Waals surface area contributed by atoms with Gasteiger partial charge in [-0.2, -0.15) is 5.26 Å². The molecule has 1 aliphatic heterocycles. The first-order valence-electron chi connectivity index (χ1n) is 8.38. The fourth-order valence-corrected chi connectivity index (χ4v) is 3.61. The van der Waals surface area contributed by atoms with Gasteiger partial charge < -0.3 is 19.5 Å². The number of rotatable bonds is 4. The summed E-state index contributed by atoms with van der Waals surface area (Å²) in [6.45, 7) is 1.36. The van der Waals surface area contributed by atoms with Gasteiger partial charge in [-0.3, -0.25) is 4.79 Å². The second-order valence-corrected chi connectivity index (χ2v) is 6.29. The number of hydrogen-bond acceptors (Lipinski definition) is 5. The number of morpholine rings is 1. The van der Waals surface area contributed by atoms with Crippen LogP contribution < -0.4 is 4.74 Å². The number of benzene rings is 1. The molecule has 1 saturated heterocycles. The third-order valence-electron chi connectivity index (χ3n) is 4.87. The third-order valence-corrected chi connectivity index (χ3v) is 4.87. The van der Waals surface area contributed by atoms with Crippen molar-refractivity contribution in [3.05, 3.63) is 29.8 Å². The highest BCUT2D eigenvalue weighted by atomic mass is 16.5. The number of aliphatic hydroxyl groups is 1. The molecule has 0 radical (unpaired) electrons. The second-order valence-electron chi connectivity index (χ2n) is 6.29. The highest BCUT2D eigenvalue weighted by molar-refractivity contribution is 5.78. The number of para-hydroxylation sites is 1. The van der Waals surface area contributed by atoms with Crippen LogP contribution in [0.2, 0.25) is 0 Å². The number of nitriles is 1. The van der Waals surface area contributed by atoms with Crippen LogP contribution in [0.5, 0.6) is 5.75 Å². The Morgan fingerprint density at radius 3 is 3.00 bits per heavy atom. The van der Waals surface area contributed by atoms with Crippen molar-refractivity contribution >= 4 is 5.91 Å². The normalized spacial score (nSPS) is 26.8. The number of ether oxygens (including phenoxy) is 2. The van der Waals surface area contributed by atoms with Crippen molar-refractivity contribution in [1.29, 1.82) is 5.26 Å². The lowest BCUT2D eigenvalue weighted by Crippen LogP contribution is -2.54. The number of amides is 1. The van der Waals surface area contributed by atoms with Gasteiger partial charge >= 0.3 is 0 Å². The number of carbonyl (C=O) groups is 1. The molecule has 0 aromatic heterocycles. The molecule has 1 amide bonds. The lowest BCUT2D eigenvalue weighted by molar-refractivity contribution is -0.146. The fraction of sp³-hybridized carbons (Fsp3) is 0.556. The lowest BCUT2D eigenvalue weighted by Gasteiger charge is -2.40. The van der Waals surface area contributed by atoms with Gasteiger partial charge in [-0.05, 0) is 25.0 Å². The van der Waals surface area contributed by atoms with E-state index in [1.54, 1.807) is 29.2 Å². The predicted octanol–water partition coefficient (Wildman–Crippen LogP) is 1.33. The van der Waals surface area contributed by atoms with Gasteiger partial charge in [0, 0.05) is 12.5 Å².